The van der Waals surface area contributed by atoms with Crippen LogP contribution < -0.4 is 11.5 Å². The first-order chi connectivity index (χ1) is 7.02. The van der Waals surface area contributed by atoms with Gasteiger partial charge in [-0.15, -0.1) is 0 Å². The highest BCUT2D eigenvalue weighted by Crippen LogP contribution is 2.34. The number of hydrogen-bond acceptors (Lipinski definition) is 2. The number of rotatable bonds is 3. The van der Waals surface area contributed by atoms with Crippen LogP contribution in [0.25, 0.3) is 6.08 Å². The second-order valence-electron chi connectivity index (χ2n) is 4.02. The third-order valence-corrected chi connectivity index (χ3v) is 3.07. The first kappa shape index (κ1) is 11.6. The first-order valence-electron chi connectivity index (χ1n) is 5.33. The molecule has 0 heterocycles. The highest BCUT2D eigenvalue weighted by atomic mass is 14.6. The number of nitrogen functional groups attached to an aromatic ring is 2. The molecule has 0 radical (unpaired) electrons. The monoisotopic (exact) mass is 204 g/mol. The second kappa shape index (κ2) is 4.39. The highest BCUT2D eigenvalue weighted by Gasteiger charge is 2.14. The maximum atomic E-state index is 6.04. The summed E-state index contributed by atoms with van der Waals surface area (Å²) < 4.78 is 0. The summed E-state index contributed by atoms with van der Waals surface area (Å²) in [6.45, 7) is 10.1. The molecular weight excluding hydrogens is 184 g/mol. The van der Waals surface area contributed by atoms with Crippen LogP contribution in [0, 0.1) is 6.92 Å². The van der Waals surface area contributed by atoms with Crippen LogP contribution in [0.2, 0.25) is 0 Å². The Bertz CT molecular complexity index is 381. The predicted octanol–water partition coefficient (Wildman–Crippen LogP) is 3.32. The lowest BCUT2D eigenvalue weighted by molar-refractivity contribution is 0.731. The average Bonchev–Trinajstić information content (AvgIpc) is 2.23. The molecule has 0 bridgehead atoms. The van der Waals surface area contributed by atoms with Crippen molar-refractivity contribution in [2.24, 2.45) is 0 Å². The van der Waals surface area contributed by atoms with Gasteiger partial charge in [-0.3, -0.25) is 0 Å². The van der Waals surface area contributed by atoms with Crippen molar-refractivity contribution in [3.8, 4) is 0 Å². The Morgan fingerprint density at radius 2 is 2.07 bits per heavy atom. The lowest BCUT2D eigenvalue weighted by atomic mass is 9.90. The maximum Gasteiger partial charge on any atom is 0.0421 e. The zero-order valence-electron chi connectivity index (χ0n) is 9.80. The molecule has 1 aromatic carbocycles. The zero-order chi connectivity index (χ0) is 11.6. The standard InChI is InChI=1S/C13H20N2/c1-5-8(3)12-9(4)13(15)10(6-2)7-11(12)14/h6-8H,2,5,14-15H2,1,3-4H3. The normalized spacial score (nSPS) is 12.5. The van der Waals surface area contributed by atoms with E-state index in [1.54, 1.807) is 6.08 Å². The van der Waals surface area contributed by atoms with E-state index < -0.39 is 0 Å². The molecule has 0 saturated carbocycles. The van der Waals surface area contributed by atoms with Crippen LogP contribution in [-0.4, -0.2) is 0 Å². The van der Waals surface area contributed by atoms with E-state index in [-0.39, 0.29) is 0 Å². The van der Waals surface area contributed by atoms with E-state index in [2.05, 4.69) is 20.4 Å². The quantitative estimate of drug-likeness (QED) is 0.742. The Hall–Kier alpha value is -1.44. The van der Waals surface area contributed by atoms with Gasteiger partial charge in [0.15, 0.2) is 0 Å². The lowest BCUT2D eigenvalue weighted by Crippen LogP contribution is -2.06. The van der Waals surface area contributed by atoms with Crippen LogP contribution in [0.3, 0.4) is 0 Å². The Morgan fingerprint density at radius 3 is 2.53 bits per heavy atom. The minimum absolute atomic E-state index is 0.450. The van der Waals surface area contributed by atoms with Gasteiger partial charge in [-0.25, -0.2) is 0 Å². The molecule has 0 saturated heterocycles. The molecule has 0 aliphatic rings. The minimum atomic E-state index is 0.450. The van der Waals surface area contributed by atoms with Gasteiger partial charge in [0.2, 0.25) is 0 Å². The molecule has 0 aromatic heterocycles. The molecule has 2 nitrogen and oxygen atoms in total. The second-order valence-corrected chi connectivity index (χ2v) is 4.02. The fourth-order valence-electron chi connectivity index (χ4n) is 1.93. The summed E-state index contributed by atoms with van der Waals surface area (Å²) in [6, 6.07) is 1.91. The lowest BCUT2D eigenvalue weighted by Gasteiger charge is -2.18. The molecule has 0 spiro atoms. The number of nitrogens with two attached hydrogens (primary N) is 2. The topological polar surface area (TPSA) is 52.0 Å². The molecule has 0 aliphatic heterocycles. The van der Waals surface area contributed by atoms with Crippen LogP contribution in [0.1, 0.15) is 42.9 Å². The molecule has 1 aromatic rings. The third kappa shape index (κ3) is 1.99. The van der Waals surface area contributed by atoms with Gasteiger partial charge in [-0.2, -0.15) is 0 Å². The summed E-state index contributed by atoms with van der Waals surface area (Å²) in [5, 5.41) is 0. The molecule has 4 N–H and O–H groups in total. The molecule has 0 aliphatic carbocycles. The number of benzene rings is 1. The largest absolute Gasteiger partial charge is 0.398 e. The summed E-state index contributed by atoms with van der Waals surface area (Å²) >= 11 is 0. The van der Waals surface area contributed by atoms with E-state index in [1.807, 2.05) is 13.0 Å². The molecule has 1 rings (SSSR count). The van der Waals surface area contributed by atoms with Crippen molar-refractivity contribution in [1.82, 2.24) is 0 Å². The highest BCUT2D eigenvalue weighted by molar-refractivity contribution is 5.74. The van der Waals surface area contributed by atoms with Crippen molar-refractivity contribution in [3.05, 3.63) is 29.3 Å². The van der Waals surface area contributed by atoms with Gasteiger partial charge in [-0.1, -0.05) is 26.5 Å². The van der Waals surface area contributed by atoms with Crippen molar-refractivity contribution < 1.29 is 0 Å². The van der Waals surface area contributed by atoms with Crippen LogP contribution in [0.15, 0.2) is 12.6 Å². The molecule has 1 atom stereocenters. The smallest absolute Gasteiger partial charge is 0.0421 e. The van der Waals surface area contributed by atoms with E-state index in [0.717, 1.165) is 28.9 Å². The van der Waals surface area contributed by atoms with Crippen molar-refractivity contribution in [2.75, 3.05) is 11.5 Å². The number of anilines is 2. The molecule has 15 heavy (non-hydrogen) atoms. The van der Waals surface area contributed by atoms with E-state index >= 15 is 0 Å². The van der Waals surface area contributed by atoms with Gasteiger partial charge >= 0.3 is 0 Å². The van der Waals surface area contributed by atoms with Crippen molar-refractivity contribution in [2.45, 2.75) is 33.1 Å². The van der Waals surface area contributed by atoms with Gasteiger partial charge in [0.25, 0.3) is 0 Å². The molecule has 0 fully saturated rings. The molecule has 1 unspecified atom stereocenters. The summed E-state index contributed by atoms with van der Waals surface area (Å²) in [7, 11) is 0. The summed E-state index contributed by atoms with van der Waals surface area (Å²) in [5.41, 5.74) is 16.9. The van der Waals surface area contributed by atoms with Crippen LogP contribution in [0.5, 0.6) is 0 Å². The summed E-state index contributed by atoms with van der Waals surface area (Å²) in [6.07, 6.45) is 2.82. The van der Waals surface area contributed by atoms with E-state index in [9.17, 15) is 0 Å². The Balaban J connectivity index is 3.42. The van der Waals surface area contributed by atoms with Crippen molar-refractivity contribution in [1.29, 1.82) is 0 Å². The van der Waals surface area contributed by atoms with Crippen LogP contribution in [-0.2, 0) is 0 Å². The SMILES string of the molecule is C=Cc1cc(N)c(C(C)CC)c(C)c1N. The summed E-state index contributed by atoms with van der Waals surface area (Å²) in [5.74, 6) is 0.450. The summed E-state index contributed by atoms with van der Waals surface area (Å²) in [4.78, 5) is 0. The van der Waals surface area contributed by atoms with Crippen LogP contribution in [0.4, 0.5) is 11.4 Å². The van der Waals surface area contributed by atoms with Gasteiger partial charge in [-0.05, 0) is 42.0 Å². The zero-order valence-corrected chi connectivity index (χ0v) is 9.80. The fourth-order valence-corrected chi connectivity index (χ4v) is 1.93. The minimum Gasteiger partial charge on any atom is -0.398 e. The maximum absolute atomic E-state index is 6.04. The molecule has 2 heteroatoms. The van der Waals surface area contributed by atoms with E-state index in [4.69, 9.17) is 11.5 Å². The number of hydrogen-bond donors (Lipinski definition) is 2. The van der Waals surface area contributed by atoms with Gasteiger partial charge in [0.1, 0.15) is 0 Å². The van der Waals surface area contributed by atoms with Crippen LogP contribution >= 0.6 is 0 Å². The van der Waals surface area contributed by atoms with Crippen molar-refractivity contribution in [3.63, 3.8) is 0 Å². The average molecular weight is 204 g/mol. The third-order valence-electron chi connectivity index (χ3n) is 3.07. The Morgan fingerprint density at radius 1 is 1.47 bits per heavy atom. The molecule has 0 amide bonds. The Kier molecular flexibility index (Phi) is 3.40. The van der Waals surface area contributed by atoms with E-state index in [0.29, 0.717) is 5.92 Å². The van der Waals surface area contributed by atoms with Crippen molar-refractivity contribution >= 4 is 17.5 Å². The van der Waals surface area contributed by atoms with Gasteiger partial charge in [0, 0.05) is 11.4 Å². The van der Waals surface area contributed by atoms with Gasteiger partial charge in [0.05, 0.1) is 0 Å². The molecule has 82 valence electrons. The first-order valence-corrected chi connectivity index (χ1v) is 5.33. The fraction of sp³-hybridized carbons (Fsp3) is 0.385. The Labute approximate surface area is 92.0 Å². The van der Waals surface area contributed by atoms with E-state index in [1.165, 1.54) is 5.56 Å². The molecular formula is C13H20N2. The predicted molar refractivity (Wildman–Crippen MR) is 68.8 cm³/mol. The van der Waals surface area contributed by atoms with Gasteiger partial charge < -0.3 is 11.5 Å².